The fourth-order valence-corrected chi connectivity index (χ4v) is 3.43. The summed E-state index contributed by atoms with van der Waals surface area (Å²) in [5, 5.41) is 0. The van der Waals surface area contributed by atoms with Crippen molar-refractivity contribution < 1.29 is 0 Å². The number of rotatable bonds is 2. The van der Waals surface area contributed by atoms with Crippen LogP contribution in [0.15, 0.2) is 6.20 Å². The lowest BCUT2D eigenvalue weighted by molar-refractivity contribution is 0.827. The van der Waals surface area contributed by atoms with Gasteiger partial charge in [-0.1, -0.05) is 0 Å². The minimum atomic E-state index is 0.684. The van der Waals surface area contributed by atoms with Crippen LogP contribution in [0.25, 0.3) is 4.83 Å². The van der Waals surface area contributed by atoms with E-state index in [2.05, 4.69) is 9.38 Å². The number of nitrogens with two attached hydrogens (primary N) is 1. The molecular formula is C10H13N3S. The van der Waals surface area contributed by atoms with Gasteiger partial charge in [-0.15, -0.1) is 11.3 Å². The molecule has 2 aromatic rings. The molecule has 0 bridgehead atoms. The quantitative estimate of drug-likeness (QED) is 0.808. The van der Waals surface area contributed by atoms with E-state index >= 15 is 0 Å². The maximum atomic E-state index is 5.57. The Hall–Kier alpha value is -0.870. The maximum absolute atomic E-state index is 5.57. The SMILES string of the molecule is NCCc1ncc2sc3c(n12)CCC3. The average molecular weight is 207 g/mol. The van der Waals surface area contributed by atoms with Gasteiger partial charge in [0.15, 0.2) is 0 Å². The van der Waals surface area contributed by atoms with Gasteiger partial charge >= 0.3 is 0 Å². The van der Waals surface area contributed by atoms with Gasteiger partial charge in [0.1, 0.15) is 10.7 Å². The Labute approximate surface area is 86.6 Å². The highest BCUT2D eigenvalue weighted by Crippen LogP contribution is 2.31. The Morgan fingerprint density at radius 1 is 1.50 bits per heavy atom. The number of aromatic nitrogens is 2. The van der Waals surface area contributed by atoms with Crippen molar-refractivity contribution in [3.8, 4) is 0 Å². The van der Waals surface area contributed by atoms with Gasteiger partial charge in [0.05, 0.1) is 6.20 Å². The van der Waals surface area contributed by atoms with E-state index in [1.807, 2.05) is 17.5 Å². The standard InChI is InChI=1S/C10H13N3S/c11-5-4-9-12-6-10-13(9)7-2-1-3-8(7)14-10/h6H,1-5,11H2. The van der Waals surface area contributed by atoms with Gasteiger partial charge < -0.3 is 5.73 Å². The van der Waals surface area contributed by atoms with E-state index in [-0.39, 0.29) is 0 Å². The van der Waals surface area contributed by atoms with E-state index in [0.717, 1.165) is 12.2 Å². The number of thiazole rings is 1. The molecule has 74 valence electrons. The van der Waals surface area contributed by atoms with Crippen LogP contribution >= 0.6 is 11.3 Å². The number of imidazole rings is 1. The zero-order chi connectivity index (χ0) is 9.54. The van der Waals surface area contributed by atoms with Crippen LogP contribution in [0.3, 0.4) is 0 Å². The van der Waals surface area contributed by atoms with Crippen molar-refractivity contribution in [2.24, 2.45) is 5.73 Å². The van der Waals surface area contributed by atoms with E-state index in [9.17, 15) is 0 Å². The molecule has 1 aliphatic carbocycles. The van der Waals surface area contributed by atoms with Gasteiger partial charge in [-0.3, -0.25) is 4.40 Å². The second-order valence-corrected chi connectivity index (χ2v) is 4.83. The molecule has 14 heavy (non-hydrogen) atoms. The van der Waals surface area contributed by atoms with Crippen LogP contribution in [-0.4, -0.2) is 15.9 Å². The van der Waals surface area contributed by atoms with Gasteiger partial charge in [-0.05, 0) is 25.8 Å². The number of nitrogens with zero attached hydrogens (tertiary/aromatic N) is 2. The van der Waals surface area contributed by atoms with Gasteiger partial charge in [-0.25, -0.2) is 4.98 Å². The van der Waals surface area contributed by atoms with Crippen molar-refractivity contribution in [3.05, 3.63) is 22.6 Å². The first-order chi connectivity index (χ1) is 6.90. The van der Waals surface area contributed by atoms with Crippen molar-refractivity contribution >= 4 is 16.2 Å². The molecule has 4 heteroatoms. The molecule has 1 aliphatic rings. The fourth-order valence-electron chi connectivity index (χ4n) is 2.21. The Kier molecular flexibility index (Phi) is 1.85. The summed E-state index contributed by atoms with van der Waals surface area (Å²) in [6.07, 6.45) is 6.63. The van der Waals surface area contributed by atoms with Crippen molar-refractivity contribution in [2.75, 3.05) is 6.54 Å². The normalized spacial score (nSPS) is 15.2. The van der Waals surface area contributed by atoms with Crippen molar-refractivity contribution in [1.29, 1.82) is 0 Å². The summed E-state index contributed by atoms with van der Waals surface area (Å²) in [5.74, 6) is 1.14. The van der Waals surface area contributed by atoms with Gasteiger partial charge in [0.25, 0.3) is 0 Å². The van der Waals surface area contributed by atoms with Crippen molar-refractivity contribution in [3.63, 3.8) is 0 Å². The van der Waals surface area contributed by atoms with E-state index in [4.69, 9.17) is 5.73 Å². The smallest absolute Gasteiger partial charge is 0.120 e. The Balaban J connectivity index is 2.22. The highest BCUT2D eigenvalue weighted by atomic mass is 32.1. The summed E-state index contributed by atoms with van der Waals surface area (Å²) >= 11 is 1.89. The highest BCUT2D eigenvalue weighted by Gasteiger charge is 2.19. The first kappa shape index (κ1) is 8.44. The topological polar surface area (TPSA) is 43.3 Å². The molecule has 2 heterocycles. The number of hydrogen-bond acceptors (Lipinski definition) is 3. The van der Waals surface area contributed by atoms with Gasteiger partial charge in [0.2, 0.25) is 0 Å². The molecule has 0 saturated carbocycles. The maximum Gasteiger partial charge on any atom is 0.120 e. The van der Waals surface area contributed by atoms with Crippen LogP contribution in [0.5, 0.6) is 0 Å². The highest BCUT2D eigenvalue weighted by molar-refractivity contribution is 7.17. The fraction of sp³-hybridized carbons (Fsp3) is 0.500. The predicted molar refractivity (Wildman–Crippen MR) is 57.9 cm³/mol. The zero-order valence-corrected chi connectivity index (χ0v) is 8.81. The lowest BCUT2D eigenvalue weighted by Gasteiger charge is -1.98. The van der Waals surface area contributed by atoms with Crippen LogP contribution in [-0.2, 0) is 19.3 Å². The lowest BCUT2D eigenvalue weighted by atomic mass is 10.3. The van der Waals surface area contributed by atoms with Crippen LogP contribution in [0.4, 0.5) is 0 Å². The minimum Gasteiger partial charge on any atom is -0.330 e. The molecule has 0 aliphatic heterocycles. The Morgan fingerprint density at radius 3 is 3.29 bits per heavy atom. The summed E-state index contributed by atoms with van der Waals surface area (Å²) in [7, 11) is 0. The number of hydrogen-bond donors (Lipinski definition) is 1. The lowest BCUT2D eigenvalue weighted by Crippen LogP contribution is -2.07. The summed E-state index contributed by atoms with van der Waals surface area (Å²) in [5.41, 5.74) is 7.07. The third-order valence-corrected chi connectivity index (χ3v) is 3.99. The molecule has 0 fully saturated rings. The molecule has 0 spiro atoms. The monoisotopic (exact) mass is 207 g/mol. The second-order valence-electron chi connectivity index (χ2n) is 3.71. The molecule has 3 nitrogen and oxygen atoms in total. The Bertz CT molecular complexity index is 469. The van der Waals surface area contributed by atoms with Gasteiger partial charge in [0, 0.05) is 17.0 Å². The van der Waals surface area contributed by atoms with E-state index < -0.39 is 0 Å². The summed E-state index contributed by atoms with van der Waals surface area (Å²) in [6, 6.07) is 0. The van der Waals surface area contributed by atoms with E-state index in [0.29, 0.717) is 6.54 Å². The summed E-state index contributed by atoms with van der Waals surface area (Å²) < 4.78 is 2.32. The summed E-state index contributed by atoms with van der Waals surface area (Å²) in [4.78, 5) is 7.26. The Morgan fingerprint density at radius 2 is 2.43 bits per heavy atom. The van der Waals surface area contributed by atoms with Crippen LogP contribution in [0.1, 0.15) is 22.8 Å². The first-order valence-corrected chi connectivity index (χ1v) is 5.88. The van der Waals surface area contributed by atoms with Gasteiger partial charge in [-0.2, -0.15) is 0 Å². The van der Waals surface area contributed by atoms with Crippen molar-refractivity contribution in [1.82, 2.24) is 9.38 Å². The molecule has 0 radical (unpaired) electrons. The van der Waals surface area contributed by atoms with E-state index in [1.165, 1.54) is 29.8 Å². The average Bonchev–Trinajstić information content (AvgIpc) is 2.77. The first-order valence-electron chi connectivity index (χ1n) is 5.07. The van der Waals surface area contributed by atoms with E-state index in [1.54, 1.807) is 4.88 Å². The van der Waals surface area contributed by atoms with Crippen LogP contribution in [0, 0.1) is 0 Å². The zero-order valence-electron chi connectivity index (χ0n) is 7.99. The molecule has 0 atom stereocenters. The third kappa shape index (κ3) is 1.04. The largest absolute Gasteiger partial charge is 0.330 e. The molecule has 3 rings (SSSR count). The molecule has 0 saturated heterocycles. The number of fused-ring (bicyclic) bond motifs is 3. The molecule has 2 N–H and O–H groups in total. The molecule has 0 unspecified atom stereocenters. The minimum absolute atomic E-state index is 0.684. The van der Waals surface area contributed by atoms with Crippen molar-refractivity contribution in [2.45, 2.75) is 25.7 Å². The molecular weight excluding hydrogens is 194 g/mol. The second kappa shape index (κ2) is 3.07. The third-order valence-electron chi connectivity index (χ3n) is 2.81. The van der Waals surface area contributed by atoms with Crippen LogP contribution in [0.2, 0.25) is 0 Å². The molecule has 2 aromatic heterocycles. The number of aryl methyl sites for hydroxylation is 2. The molecule has 0 amide bonds. The van der Waals surface area contributed by atoms with Crippen LogP contribution < -0.4 is 5.73 Å². The molecule has 0 aromatic carbocycles. The summed E-state index contributed by atoms with van der Waals surface area (Å²) in [6.45, 7) is 0.684. The predicted octanol–water partition coefficient (Wildman–Crippen LogP) is 1.39.